The van der Waals surface area contributed by atoms with Gasteiger partial charge in [-0.25, -0.2) is 0 Å². The second kappa shape index (κ2) is 5.27. The van der Waals surface area contributed by atoms with E-state index in [0.29, 0.717) is 5.92 Å². The Bertz CT molecular complexity index is 646. The summed E-state index contributed by atoms with van der Waals surface area (Å²) in [7, 11) is 2.19. The van der Waals surface area contributed by atoms with Crippen molar-refractivity contribution in [1.29, 1.82) is 0 Å². The number of likely N-dealkylation sites (tertiary alicyclic amines) is 1. The Labute approximate surface area is 123 Å². The first-order valence-corrected chi connectivity index (χ1v) is 7.49. The van der Waals surface area contributed by atoms with Crippen LogP contribution in [0.2, 0.25) is 5.02 Å². The molecule has 0 spiro atoms. The largest absolute Gasteiger partial charge is 0.331 e. The van der Waals surface area contributed by atoms with Crippen molar-refractivity contribution < 1.29 is 0 Å². The molecular weight excluding hydrogens is 278 g/mol. The smallest absolute Gasteiger partial charge is 0.178 e. The van der Waals surface area contributed by atoms with Gasteiger partial charge in [-0.1, -0.05) is 11.6 Å². The van der Waals surface area contributed by atoms with Gasteiger partial charge in [0.2, 0.25) is 0 Å². The van der Waals surface area contributed by atoms with E-state index in [-0.39, 0.29) is 0 Å². The molecule has 0 radical (unpaired) electrons. The zero-order valence-electron chi connectivity index (χ0n) is 11.0. The number of halogens is 1. The summed E-state index contributed by atoms with van der Waals surface area (Å²) >= 11 is 11.5. The van der Waals surface area contributed by atoms with E-state index in [1.807, 2.05) is 18.2 Å². The summed E-state index contributed by atoms with van der Waals surface area (Å²) in [6, 6.07) is 5.89. The van der Waals surface area contributed by atoms with Gasteiger partial charge < -0.3 is 14.5 Å². The Morgan fingerprint density at radius 3 is 3.11 bits per heavy atom. The topological polar surface area (TPSA) is 24.0 Å². The van der Waals surface area contributed by atoms with E-state index in [4.69, 9.17) is 23.8 Å². The highest BCUT2D eigenvalue weighted by atomic mass is 35.5. The van der Waals surface area contributed by atoms with Crippen molar-refractivity contribution >= 4 is 34.9 Å². The lowest BCUT2D eigenvalue weighted by molar-refractivity contribution is 0.195. The van der Waals surface area contributed by atoms with Crippen LogP contribution in [-0.4, -0.2) is 34.6 Å². The summed E-state index contributed by atoms with van der Waals surface area (Å²) in [4.78, 5) is 5.66. The van der Waals surface area contributed by atoms with E-state index in [2.05, 4.69) is 21.5 Å². The molecule has 1 atom stereocenters. The Morgan fingerprint density at radius 2 is 2.32 bits per heavy atom. The van der Waals surface area contributed by atoms with Gasteiger partial charge in [-0.05, 0) is 62.8 Å². The maximum Gasteiger partial charge on any atom is 0.178 e. The fourth-order valence-electron chi connectivity index (χ4n) is 2.99. The minimum atomic E-state index is 0.670. The number of hydrogen-bond donors (Lipinski definition) is 1. The lowest BCUT2D eigenvalue weighted by atomic mass is 9.98. The molecule has 1 fully saturated rings. The number of nitrogens with zero attached hydrogens (tertiary/aromatic N) is 2. The third-order valence-electron chi connectivity index (χ3n) is 3.90. The number of benzene rings is 1. The van der Waals surface area contributed by atoms with Crippen molar-refractivity contribution in [2.75, 3.05) is 20.1 Å². The summed E-state index contributed by atoms with van der Waals surface area (Å²) in [6.07, 6.45) is 2.55. The maximum atomic E-state index is 6.10. The molecule has 1 saturated heterocycles. The fraction of sp³-hybridized carbons (Fsp3) is 0.500. The molecule has 5 heteroatoms. The first-order valence-electron chi connectivity index (χ1n) is 6.70. The number of H-pyrrole nitrogens is 1. The maximum absolute atomic E-state index is 6.10. The third-order valence-corrected chi connectivity index (χ3v) is 4.46. The van der Waals surface area contributed by atoms with Crippen LogP contribution in [0.3, 0.4) is 0 Å². The number of aromatic nitrogens is 2. The van der Waals surface area contributed by atoms with Crippen molar-refractivity contribution in [1.82, 2.24) is 14.5 Å². The molecule has 1 aromatic carbocycles. The number of imidazole rings is 1. The molecule has 1 unspecified atom stereocenters. The first-order chi connectivity index (χ1) is 9.13. The molecule has 1 aromatic heterocycles. The zero-order chi connectivity index (χ0) is 13.4. The van der Waals surface area contributed by atoms with Crippen molar-refractivity contribution in [2.45, 2.75) is 19.4 Å². The SMILES string of the molecule is CN1CCCC(Cn2c(=S)[nH]c3ccc(Cl)cc32)C1. The summed E-state index contributed by atoms with van der Waals surface area (Å²) in [6.45, 7) is 3.33. The van der Waals surface area contributed by atoms with Crippen molar-refractivity contribution in [3.05, 3.63) is 28.0 Å². The van der Waals surface area contributed by atoms with Crippen LogP contribution in [-0.2, 0) is 6.54 Å². The van der Waals surface area contributed by atoms with E-state index >= 15 is 0 Å². The summed E-state index contributed by atoms with van der Waals surface area (Å²) in [5.74, 6) is 0.670. The van der Waals surface area contributed by atoms with Crippen LogP contribution in [0.1, 0.15) is 12.8 Å². The van der Waals surface area contributed by atoms with Gasteiger partial charge in [-0.2, -0.15) is 0 Å². The molecule has 102 valence electrons. The van der Waals surface area contributed by atoms with Gasteiger partial charge in [0.15, 0.2) is 4.77 Å². The Hall–Kier alpha value is -0.840. The second-order valence-corrected chi connectivity index (χ2v) is 6.30. The van der Waals surface area contributed by atoms with E-state index in [1.54, 1.807) is 0 Å². The van der Waals surface area contributed by atoms with E-state index in [9.17, 15) is 0 Å². The minimum absolute atomic E-state index is 0.670. The van der Waals surface area contributed by atoms with Gasteiger partial charge in [-0.15, -0.1) is 0 Å². The Morgan fingerprint density at radius 1 is 1.47 bits per heavy atom. The van der Waals surface area contributed by atoms with Gasteiger partial charge in [0.1, 0.15) is 0 Å². The lowest BCUT2D eigenvalue weighted by Crippen LogP contribution is -2.34. The number of piperidine rings is 1. The fourth-order valence-corrected chi connectivity index (χ4v) is 3.44. The van der Waals surface area contributed by atoms with Crippen molar-refractivity contribution in [3.63, 3.8) is 0 Å². The molecule has 0 aliphatic carbocycles. The van der Waals surface area contributed by atoms with Crippen LogP contribution in [0.4, 0.5) is 0 Å². The van der Waals surface area contributed by atoms with E-state index in [0.717, 1.165) is 33.9 Å². The number of nitrogens with one attached hydrogen (secondary N) is 1. The molecule has 1 aliphatic rings. The van der Waals surface area contributed by atoms with Crippen LogP contribution < -0.4 is 0 Å². The van der Waals surface area contributed by atoms with Gasteiger partial charge in [0.25, 0.3) is 0 Å². The minimum Gasteiger partial charge on any atom is -0.331 e. The molecule has 0 bridgehead atoms. The highest BCUT2D eigenvalue weighted by molar-refractivity contribution is 7.71. The number of aromatic amines is 1. The van der Waals surface area contributed by atoms with Gasteiger partial charge in [0.05, 0.1) is 11.0 Å². The molecule has 1 N–H and O–H groups in total. The monoisotopic (exact) mass is 295 g/mol. The molecule has 0 saturated carbocycles. The molecular formula is C14H18ClN3S. The summed E-state index contributed by atoms with van der Waals surface area (Å²) < 4.78 is 2.99. The molecule has 3 rings (SSSR count). The molecule has 2 heterocycles. The zero-order valence-corrected chi connectivity index (χ0v) is 12.6. The first kappa shape index (κ1) is 13.2. The second-order valence-electron chi connectivity index (χ2n) is 5.47. The predicted octanol–water partition coefficient (Wildman–Crippen LogP) is 3.69. The average molecular weight is 296 g/mol. The lowest BCUT2D eigenvalue weighted by Gasteiger charge is -2.29. The molecule has 1 aliphatic heterocycles. The van der Waals surface area contributed by atoms with E-state index in [1.165, 1.54) is 19.4 Å². The quantitative estimate of drug-likeness (QED) is 0.854. The molecule has 19 heavy (non-hydrogen) atoms. The Balaban J connectivity index is 1.93. The number of rotatable bonds is 2. The van der Waals surface area contributed by atoms with Crippen molar-refractivity contribution in [2.24, 2.45) is 5.92 Å². The van der Waals surface area contributed by atoms with Crippen LogP contribution in [0.15, 0.2) is 18.2 Å². The van der Waals surface area contributed by atoms with Crippen LogP contribution in [0.5, 0.6) is 0 Å². The highest BCUT2D eigenvalue weighted by Crippen LogP contribution is 2.23. The average Bonchev–Trinajstić information content (AvgIpc) is 2.66. The van der Waals surface area contributed by atoms with Gasteiger partial charge in [-0.3, -0.25) is 0 Å². The van der Waals surface area contributed by atoms with Gasteiger partial charge >= 0.3 is 0 Å². The number of fused-ring (bicyclic) bond motifs is 1. The summed E-state index contributed by atoms with van der Waals surface area (Å²) in [5.41, 5.74) is 2.18. The van der Waals surface area contributed by atoms with Crippen LogP contribution in [0.25, 0.3) is 11.0 Å². The van der Waals surface area contributed by atoms with Crippen molar-refractivity contribution in [3.8, 4) is 0 Å². The normalized spacial score (nSPS) is 21.1. The highest BCUT2D eigenvalue weighted by Gasteiger charge is 2.18. The predicted molar refractivity (Wildman–Crippen MR) is 82.4 cm³/mol. The molecule has 2 aromatic rings. The Kier molecular flexibility index (Phi) is 3.65. The summed E-state index contributed by atoms with van der Waals surface area (Å²) in [5, 5.41) is 0.760. The standard InChI is InChI=1S/C14H18ClN3S/c1-17-6-2-3-10(8-17)9-18-13-7-11(15)4-5-12(13)16-14(18)19/h4-5,7,10H,2-3,6,8-9H2,1H3,(H,16,19). The third kappa shape index (κ3) is 2.71. The van der Waals surface area contributed by atoms with Gasteiger partial charge in [0, 0.05) is 18.1 Å². The number of hydrogen-bond acceptors (Lipinski definition) is 2. The van der Waals surface area contributed by atoms with Crippen LogP contribution >= 0.6 is 23.8 Å². The van der Waals surface area contributed by atoms with E-state index < -0.39 is 0 Å². The molecule has 0 amide bonds. The molecule has 3 nitrogen and oxygen atoms in total. The van der Waals surface area contributed by atoms with Crippen LogP contribution in [0, 0.1) is 10.7 Å².